The van der Waals surface area contributed by atoms with Crippen LogP contribution in [0.5, 0.6) is 5.75 Å². The van der Waals surface area contributed by atoms with E-state index in [0.29, 0.717) is 24.3 Å². The molecule has 0 saturated carbocycles. The first kappa shape index (κ1) is 21.7. The van der Waals surface area contributed by atoms with Gasteiger partial charge in [0.05, 0.1) is 6.61 Å². The highest BCUT2D eigenvalue weighted by Crippen LogP contribution is 2.21. The Morgan fingerprint density at radius 1 is 1.16 bits per heavy atom. The molecule has 1 heterocycles. The van der Waals surface area contributed by atoms with Gasteiger partial charge >= 0.3 is 5.97 Å². The molecule has 31 heavy (non-hydrogen) atoms. The van der Waals surface area contributed by atoms with Crippen molar-refractivity contribution in [2.24, 2.45) is 0 Å². The molecule has 0 spiro atoms. The molecule has 7 nitrogen and oxygen atoms in total. The number of nitrogens with zero attached hydrogens (tertiary/aromatic N) is 1. The molecule has 0 saturated heterocycles. The minimum absolute atomic E-state index is 0.0499. The van der Waals surface area contributed by atoms with Gasteiger partial charge in [0.15, 0.2) is 6.61 Å². The Hall–Kier alpha value is -4.05. The molecular formula is C24H23N3O4. The van der Waals surface area contributed by atoms with Crippen LogP contribution in [0.2, 0.25) is 0 Å². The third kappa shape index (κ3) is 5.73. The Morgan fingerprint density at radius 3 is 2.74 bits per heavy atom. The van der Waals surface area contributed by atoms with E-state index in [2.05, 4.69) is 10.3 Å². The van der Waals surface area contributed by atoms with Gasteiger partial charge in [0.1, 0.15) is 17.4 Å². The molecule has 0 aliphatic rings. The molecule has 0 aliphatic heterocycles. The first-order valence-electron chi connectivity index (χ1n) is 9.94. The van der Waals surface area contributed by atoms with Crippen molar-refractivity contribution in [1.82, 2.24) is 10.3 Å². The number of H-pyrrole nitrogens is 1. The number of aromatic nitrogens is 1. The van der Waals surface area contributed by atoms with Crippen LogP contribution in [0.1, 0.15) is 18.1 Å². The van der Waals surface area contributed by atoms with E-state index in [-0.39, 0.29) is 18.8 Å². The SMILES string of the molecule is CCOC(=O)COc1ccccc1/C=C(/C#N)C(=O)NCCc1c[nH]c2ccccc12. The normalized spacial score (nSPS) is 11.0. The fourth-order valence-corrected chi connectivity index (χ4v) is 3.12. The highest BCUT2D eigenvalue weighted by molar-refractivity contribution is 6.02. The standard InChI is InChI=1S/C24H23N3O4/c1-2-30-23(28)16-31-22-10-6-3-7-17(22)13-19(14-25)24(29)26-12-11-18-15-27-21-9-5-4-8-20(18)21/h3-10,13,15,27H,2,11-12,16H2,1H3,(H,26,29)/b19-13-. The number of carbonyl (C=O) groups excluding carboxylic acids is 2. The molecule has 3 rings (SSSR count). The minimum atomic E-state index is -0.489. The van der Waals surface area contributed by atoms with Crippen molar-refractivity contribution in [3.8, 4) is 11.8 Å². The third-order valence-electron chi connectivity index (χ3n) is 4.59. The van der Waals surface area contributed by atoms with Gasteiger partial charge in [0.25, 0.3) is 5.91 Å². The average Bonchev–Trinajstić information content (AvgIpc) is 3.20. The van der Waals surface area contributed by atoms with Crippen molar-refractivity contribution in [2.75, 3.05) is 19.8 Å². The molecule has 0 radical (unpaired) electrons. The van der Waals surface area contributed by atoms with Gasteiger partial charge in [-0.1, -0.05) is 36.4 Å². The smallest absolute Gasteiger partial charge is 0.344 e. The zero-order valence-corrected chi connectivity index (χ0v) is 17.2. The topological polar surface area (TPSA) is 104 Å². The number of nitriles is 1. The molecule has 1 amide bonds. The molecule has 1 aromatic heterocycles. The monoisotopic (exact) mass is 417 g/mol. The molecule has 3 aromatic rings. The molecule has 7 heteroatoms. The summed E-state index contributed by atoms with van der Waals surface area (Å²) in [5, 5.41) is 13.4. The lowest BCUT2D eigenvalue weighted by atomic mass is 10.1. The Morgan fingerprint density at radius 2 is 1.94 bits per heavy atom. The number of fused-ring (bicyclic) bond motifs is 1. The number of amides is 1. The molecule has 2 N–H and O–H groups in total. The highest BCUT2D eigenvalue weighted by atomic mass is 16.6. The number of nitrogens with one attached hydrogen (secondary N) is 2. The van der Waals surface area contributed by atoms with Crippen LogP contribution < -0.4 is 10.1 Å². The molecule has 0 unspecified atom stereocenters. The minimum Gasteiger partial charge on any atom is -0.481 e. The molecule has 0 aliphatic carbocycles. The number of hydrogen-bond donors (Lipinski definition) is 2. The zero-order valence-electron chi connectivity index (χ0n) is 17.2. The lowest BCUT2D eigenvalue weighted by molar-refractivity contribution is -0.145. The lowest BCUT2D eigenvalue weighted by Crippen LogP contribution is -2.26. The molecule has 158 valence electrons. The Kier molecular flexibility index (Phi) is 7.44. The quantitative estimate of drug-likeness (QED) is 0.316. The fourth-order valence-electron chi connectivity index (χ4n) is 3.12. The summed E-state index contributed by atoms with van der Waals surface area (Å²) in [6.07, 6.45) is 4.00. The van der Waals surface area contributed by atoms with Crippen LogP contribution in [0.3, 0.4) is 0 Å². The second-order valence-corrected chi connectivity index (χ2v) is 6.67. The van der Waals surface area contributed by atoms with Gasteiger partial charge in [0, 0.05) is 29.2 Å². The van der Waals surface area contributed by atoms with E-state index in [0.717, 1.165) is 16.5 Å². The van der Waals surface area contributed by atoms with E-state index in [1.807, 2.05) is 36.5 Å². The van der Waals surface area contributed by atoms with Crippen LogP contribution in [0, 0.1) is 11.3 Å². The van der Waals surface area contributed by atoms with Crippen molar-refractivity contribution in [2.45, 2.75) is 13.3 Å². The summed E-state index contributed by atoms with van der Waals surface area (Å²) in [7, 11) is 0. The number of rotatable bonds is 9. The molecule has 0 atom stereocenters. The predicted octanol–water partition coefficient (Wildman–Crippen LogP) is 3.38. The van der Waals surface area contributed by atoms with Crippen molar-refractivity contribution >= 4 is 28.9 Å². The lowest BCUT2D eigenvalue weighted by Gasteiger charge is -2.09. The average molecular weight is 417 g/mol. The predicted molar refractivity (Wildman–Crippen MR) is 117 cm³/mol. The van der Waals surface area contributed by atoms with E-state index < -0.39 is 11.9 Å². The van der Waals surface area contributed by atoms with Crippen molar-refractivity contribution in [3.63, 3.8) is 0 Å². The maximum absolute atomic E-state index is 12.5. The van der Waals surface area contributed by atoms with E-state index in [4.69, 9.17) is 9.47 Å². The maximum atomic E-state index is 12.5. The Balaban J connectivity index is 1.64. The molecular weight excluding hydrogens is 394 g/mol. The first-order valence-corrected chi connectivity index (χ1v) is 9.94. The van der Waals surface area contributed by atoms with Gasteiger partial charge in [-0.15, -0.1) is 0 Å². The molecule has 0 fully saturated rings. The van der Waals surface area contributed by atoms with Crippen LogP contribution in [0.4, 0.5) is 0 Å². The largest absolute Gasteiger partial charge is 0.481 e. The van der Waals surface area contributed by atoms with Crippen LogP contribution in [0.15, 0.2) is 60.3 Å². The summed E-state index contributed by atoms with van der Waals surface area (Å²) in [6, 6.07) is 16.7. The van der Waals surface area contributed by atoms with Gasteiger partial charge in [-0.2, -0.15) is 5.26 Å². The first-order chi connectivity index (χ1) is 15.1. The second kappa shape index (κ2) is 10.6. The summed E-state index contributed by atoms with van der Waals surface area (Å²) in [5.41, 5.74) is 2.61. The number of aromatic amines is 1. The third-order valence-corrected chi connectivity index (χ3v) is 4.59. The van der Waals surface area contributed by atoms with E-state index in [1.54, 1.807) is 31.2 Å². The van der Waals surface area contributed by atoms with Crippen molar-refractivity contribution in [3.05, 3.63) is 71.4 Å². The van der Waals surface area contributed by atoms with Gasteiger partial charge in [-0.25, -0.2) is 4.79 Å². The zero-order chi connectivity index (χ0) is 22.1. The van der Waals surface area contributed by atoms with E-state index >= 15 is 0 Å². The van der Waals surface area contributed by atoms with Crippen LogP contribution in [-0.2, 0) is 20.7 Å². The molecule has 2 aromatic carbocycles. The van der Waals surface area contributed by atoms with Gasteiger partial charge in [-0.3, -0.25) is 4.79 Å². The summed E-state index contributed by atoms with van der Waals surface area (Å²) in [5.74, 6) is -0.575. The number of ether oxygens (including phenoxy) is 2. The van der Waals surface area contributed by atoms with Crippen molar-refractivity contribution in [1.29, 1.82) is 5.26 Å². The van der Waals surface area contributed by atoms with Crippen LogP contribution >= 0.6 is 0 Å². The highest BCUT2D eigenvalue weighted by Gasteiger charge is 2.12. The van der Waals surface area contributed by atoms with E-state index in [1.165, 1.54) is 6.08 Å². The maximum Gasteiger partial charge on any atom is 0.344 e. The summed E-state index contributed by atoms with van der Waals surface area (Å²) >= 11 is 0. The van der Waals surface area contributed by atoms with Gasteiger partial charge in [0.2, 0.25) is 0 Å². The number of para-hydroxylation sites is 2. The number of benzene rings is 2. The van der Waals surface area contributed by atoms with Gasteiger partial charge in [-0.05, 0) is 37.1 Å². The van der Waals surface area contributed by atoms with E-state index in [9.17, 15) is 14.9 Å². The summed E-state index contributed by atoms with van der Waals surface area (Å²) in [4.78, 5) is 27.2. The summed E-state index contributed by atoms with van der Waals surface area (Å²) in [6.45, 7) is 2.12. The Bertz CT molecular complexity index is 1140. The number of carbonyl (C=O) groups is 2. The second-order valence-electron chi connectivity index (χ2n) is 6.67. The van der Waals surface area contributed by atoms with Gasteiger partial charge < -0.3 is 19.8 Å². The molecule has 0 bridgehead atoms. The van der Waals surface area contributed by atoms with Crippen LogP contribution in [-0.4, -0.2) is 36.6 Å². The fraction of sp³-hybridized carbons (Fsp3) is 0.208. The van der Waals surface area contributed by atoms with Crippen molar-refractivity contribution < 1.29 is 19.1 Å². The number of hydrogen-bond acceptors (Lipinski definition) is 5. The summed E-state index contributed by atoms with van der Waals surface area (Å²) < 4.78 is 10.3. The van der Waals surface area contributed by atoms with Crippen LogP contribution in [0.25, 0.3) is 17.0 Å². The Labute approximate surface area is 180 Å². The number of esters is 1.